The molecule has 0 amide bonds. The van der Waals surface area contributed by atoms with E-state index < -0.39 is 17.1 Å². The molecule has 2 heterocycles. The second kappa shape index (κ2) is 13.9. The van der Waals surface area contributed by atoms with E-state index >= 15 is 0 Å². The topological polar surface area (TPSA) is 43.4 Å². The van der Waals surface area contributed by atoms with E-state index in [2.05, 4.69) is 158 Å². The minimum atomic E-state index is -1.27. The van der Waals surface area contributed by atoms with Crippen LogP contribution in [-0.2, 0) is 37.1 Å². The van der Waals surface area contributed by atoms with E-state index in [1.54, 1.807) is 0 Å². The zero-order valence-corrected chi connectivity index (χ0v) is 36.1. The van der Waals surface area contributed by atoms with Crippen molar-refractivity contribution in [3.8, 4) is 11.5 Å². The van der Waals surface area contributed by atoms with Crippen LogP contribution in [0.1, 0.15) is 158 Å². The van der Waals surface area contributed by atoms with Crippen LogP contribution in [0.4, 0.5) is 0 Å². The average molecular weight is 715 g/mol. The van der Waals surface area contributed by atoms with Crippen LogP contribution in [0, 0.1) is 0 Å². The molecule has 2 unspecified atom stereocenters. The van der Waals surface area contributed by atoms with Crippen molar-refractivity contribution in [1.29, 1.82) is 0 Å². The van der Waals surface area contributed by atoms with Crippen LogP contribution in [0.2, 0.25) is 0 Å². The Kier molecular flexibility index (Phi) is 11.5. The average Bonchev–Trinajstić information content (AvgIpc) is 3.57. The Bertz CT molecular complexity index is 1370. The highest BCUT2D eigenvalue weighted by atomic mass is 31.2. The Morgan fingerprint density at radius 3 is 1.10 bits per heavy atom. The van der Waals surface area contributed by atoms with E-state index in [-0.39, 0.29) is 32.7 Å². The van der Waals surface area contributed by atoms with Crippen LogP contribution < -0.4 is 9.05 Å². The monoisotopic (exact) mass is 714 g/mol. The van der Waals surface area contributed by atoms with Gasteiger partial charge in [0.05, 0.1) is 13.2 Å². The summed E-state index contributed by atoms with van der Waals surface area (Å²) < 4.78 is 31.9. The highest BCUT2D eigenvalue weighted by molar-refractivity contribution is 7.45. The first-order valence-electron chi connectivity index (χ1n) is 18.2. The van der Waals surface area contributed by atoms with Crippen LogP contribution in [0.3, 0.4) is 0 Å². The fourth-order valence-corrected chi connectivity index (χ4v) is 9.49. The summed E-state index contributed by atoms with van der Waals surface area (Å²) in [6, 6.07) is 9.54. The molecule has 0 bridgehead atoms. The molecule has 276 valence electrons. The number of hydrogen-bond acceptors (Lipinski definition) is 6. The summed E-state index contributed by atoms with van der Waals surface area (Å²) >= 11 is 0. The maximum Gasteiger partial charge on any atom is 0.321 e. The van der Waals surface area contributed by atoms with Gasteiger partial charge in [0.15, 0.2) is 0 Å². The van der Waals surface area contributed by atoms with Crippen molar-refractivity contribution in [2.75, 3.05) is 26.3 Å². The zero-order valence-electron chi connectivity index (χ0n) is 34.3. The Hall–Kier alpha value is -1.26. The molecule has 0 N–H and O–H groups in total. The first-order valence-corrected chi connectivity index (χ1v) is 20.5. The number of benzene rings is 2. The van der Waals surface area contributed by atoms with Crippen LogP contribution in [0.25, 0.3) is 0 Å². The summed E-state index contributed by atoms with van der Waals surface area (Å²) in [5.41, 5.74) is 6.87. The predicted molar refractivity (Wildman–Crippen MR) is 210 cm³/mol. The molecule has 0 spiro atoms. The molecule has 2 saturated heterocycles. The summed E-state index contributed by atoms with van der Waals surface area (Å²) in [7, 11) is -2.55. The van der Waals surface area contributed by atoms with Crippen molar-refractivity contribution in [3.05, 3.63) is 57.6 Å². The van der Waals surface area contributed by atoms with E-state index in [0.717, 1.165) is 24.6 Å². The van der Waals surface area contributed by atoms with Gasteiger partial charge >= 0.3 is 17.1 Å². The molecule has 6 nitrogen and oxygen atoms in total. The van der Waals surface area contributed by atoms with Crippen molar-refractivity contribution in [1.82, 2.24) is 9.34 Å². The van der Waals surface area contributed by atoms with Gasteiger partial charge in [0.1, 0.15) is 11.5 Å². The first kappa shape index (κ1) is 40.5. The Morgan fingerprint density at radius 1 is 0.510 bits per heavy atom. The van der Waals surface area contributed by atoms with E-state index in [4.69, 9.17) is 18.1 Å². The Balaban J connectivity index is 2.01. The minimum absolute atomic E-state index is 0.0444. The van der Waals surface area contributed by atoms with Gasteiger partial charge in [-0.05, 0) is 85.5 Å². The predicted octanol–water partition coefficient (Wildman–Crippen LogP) is 11.9. The lowest BCUT2D eigenvalue weighted by atomic mass is 9.76. The van der Waals surface area contributed by atoms with Gasteiger partial charge in [-0.2, -0.15) is 0 Å². The molecule has 0 aliphatic carbocycles. The van der Waals surface area contributed by atoms with Crippen molar-refractivity contribution in [2.45, 2.75) is 164 Å². The fraction of sp³-hybridized carbons (Fsp3) is 0.707. The first-order chi connectivity index (χ1) is 22.1. The lowest BCUT2D eigenvalue weighted by Gasteiger charge is -2.36. The van der Waals surface area contributed by atoms with Gasteiger partial charge in [-0.25, -0.2) is 9.34 Å². The summed E-state index contributed by atoms with van der Waals surface area (Å²) in [4.78, 5) is 0. The molecule has 2 aromatic rings. The minimum Gasteiger partial charge on any atom is -0.435 e. The van der Waals surface area contributed by atoms with Crippen LogP contribution >= 0.6 is 17.1 Å². The quantitative estimate of drug-likeness (QED) is 0.278. The van der Waals surface area contributed by atoms with Gasteiger partial charge in [0, 0.05) is 41.7 Å². The molecule has 0 radical (unpaired) electrons. The van der Waals surface area contributed by atoms with Gasteiger partial charge in [-0.3, -0.25) is 0 Å². The van der Waals surface area contributed by atoms with Crippen molar-refractivity contribution >= 4 is 17.1 Å². The zero-order chi connectivity index (χ0) is 37.1. The largest absolute Gasteiger partial charge is 0.435 e. The van der Waals surface area contributed by atoms with Gasteiger partial charge in [-0.15, -0.1) is 0 Å². The molecule has 2 aromatic carbocycles. The molecule has 2 aliphatic rings. The van der Waals surface area contributed by atoms with E-state index in [9.17, 15) is 0 Å². The SMILES string of the molecule is CC(C)(C)c1cc(Cc2cc(C(C)(C)C)cc(C(C)(C)C)c2OP2OCCN2C(C)(C)C)c(OP2OCCN2C(C)(C)C)c(C(C)(C)C)c1. The van der Waals surface area contributed by atoms with Crippen molar-refractivity contribution < 1.29 is 18.1 Å². The number of hydrogen-bond donors (Lipinski definition) is 0. The standard InChI is InChI=1S/C41H68N2O4P2/c1-36(2,3)30-24-28(34(32(26-30)38(7,8)9)46-48-42(19-21-44-48)40(13,14)15)23-29-25-31(37(4,5)6)27-33(39(10,11)12)35(29)47-49-43(20-22-45-49)41(16,17)18/h24-27H,19-23H2,1-18H3. The molecule has 2 fully saturated rings. The second-order valence-corrected chi connectivity index (χ2v) is 22.9. The van der Waals surface area contributed by atoms with Crippen LogP contribution in [-0.4, -0.2) is 46.7 Å². The Labute approximate surface area is 302 Å². The summed E-state index contributed by atoms with van der Waals surface area (Å²) in [5, 5.41) is 0. The molecule has 2 aliphatic heterocycles. The molecular formula is C41H68N2O4P2. The highest BCUT2D eigenvalue weighted by Crippen LogP contribution is 2.56. The maximum absolute atomic E-state index is 7.17. The third kappa shape index (κ3) is 9.60. The van der Waals surface area contributed by atoms with Crippen molar-refractivity contribution in [2.24, 2.45) is 0 Å². The van der Waals surface area contributed by atoms with Gasteiger partial charge in [0.2, 0.25) is 0 Å². The maximum atomic E-state index is 7.17. The van der Waals surface area contributed by atoms with E-state index in [1.165, 1.54) is 33.4 Å². The van der Waals surface area contributed by atoms with Gasteiger partial charge < -0.3 is 18.1 Å². The lowest BCUT2D eigenvalue weighted by Crippen LogP contribution is -2.36. The molecule has 8 heteroatoms. The van der Waals surface area contributed by atoms with E-state index in [1.807, 2.05) is 0 Å². The molecule has 4 rings (SSSR count). The summed E-state index contributed by atoms with van der Waals surface area (Å²) in [5.74, 6) is 1.90. The van der Waals surface area contributed by atoms with Gasteiger partial charge in [0.25, 0.3) is 0 Å². The number of nitrogens with zero attached hydrogens (tertiary/aromatic N) is 2. The third-order valence-corrected chi connectivity index (χ3v) is 13.2. The molecule has 0 aromatic heterocycles. The Morgan fingerprint density at radius 2 is 0.837 bits per heavy atom. The number of rotatable bonds is 6. The fourth-order valence-electron chi connectivity index (χ4n) is 6.22. The van der Waals surface area contributed by atoms with E-state index in [0.29, 0.717) is 19.6 Å². The van der Waals surface area contributed by atoms with Crippen molar-refractivity contribution in [3.63, 3.8) is 0 Å². The molecule has 0 saturated carbocycles. The highest BCUT2D eigenvalue weighted by Gasteiger charge is 2.41. The van der Waals surface area contributed by atoms with Crippen LogP contribution in [0.5, 0.6) is 11.5 Å². The normalized spacial score (nSPS) is 20.7. The lowest BCUT2D eigenvalue weighted by molar-refractivity contribution is 0.267. The van der Waals surface area contributed by atoms with Gasteiger partial charge in [-0.1, -0.05) is 107 Å². The molecular weight excluding hydrogens is 646 g/mol. The third-order valence-electron chi connectivity index (χ3n) is 9.35. The second-order valence-electron chi connectivity index (χ2n) is 20.1. The van der Waals surface area contributed by atoms with Crippen LogP contribution in [0.15, 0.2) is 24.3 Å². The summed E-state index contributed by atoms with van der Waals surface area (Å²) in [6.07, 6.45) is 0.669. The summed E-state index contributed by atoms with van der Waals surface area (Å²) in [6.45, 7) is 44.2. The molecule has 2 atom stereocenters. The molecule has 49 heavy (non-hydrogen) atoms. The smallest absolute Gasteiger partial charge is 0.321 e.